The predicted molar refractivity (Wildman–Crippen MR) is 70.8 cm³/mol. The Morgan fingerprint density at radius 2 is 1.76 bits per heavy atom. The van der Waals surface area contributed by atoms with Gasteiger partial charge in [0.15, 0.2) is 5.78 Å². The summed E-state index contributed by atoms with van der Waals surface area (Å²) >= 11 is 0. The maximum Gasteiger partial charge on any atom is 0.220 e. The number of hydrogen-bond acceptors (Lipinski definition) is 2. The fourth-order valence-corrected chi connectivity index (χ4v) is 1.46. The standard InChI is InChI=1S/C14H27NO2/c1-5-12(4)8-6-7-9-14(17)15-10-13(16)11(2)3/h11-12H,5-10H2,1-4H3,(H,15,17). The summed E-state index contributed by atoms with van der Waals surface area (Å²) in [6.45, 7) is 8.30. The third-order valence-electron chi connectivity index (χ3n) is 3.15. The Balaban J connectivity index is 3.50. The van der Waals surface area contributed by atoms with Crippen molar-refractivity contribution >= 4 is 11.7 Å². The number of rotatable bonds is 9. The largest absolute Gasteiger partial charge is 0.349 e. The van der Waals surface area contributed by atoms with Crippen molar-refractivity contribution in [1.82, 2.24) is 5.32 Å². The number of carbonyl (C=O) groups excluding carboxylic acids is 2. The van der Waals surface area contributed by atoms with E-state index in [2.05, 4.69) is 19.2 Å². The molecule has 1 unspecified atom stereocenters. The molecule has 1 amide bonds. The van der Waals surface area contributed by atoms with Crippen LogP contribution in [0.2, 0.25) is 0 Å². The molecule has 0 aromatic rings. The number of hydrogen-bond donors (Lipinski definition) is 1. The van der Waals surface area contributed by atoms with Crippen LogP contribution in [0.4, 0.5) is 0 Å². The summed E-state index contributed by atoms with van der Waals surface area (Å²) in [5, 5.41) is 2.68. The highest BCUT2D eigenvalue weighted by atomic mass is 16.2. The first-order chi connectivity index (χ1) is 7.97. The van der Waals surface area contributed by atoms with Gasteiger partial charge in [-0.05, 0) is 12.3 Å². The minimum absolute atomic E-state index is 0.000652. The molecule has 0 aromatic heterocycles. The van der Waals surface area contributed by atoms with Crippen LogP contribution in [0.15, 0.2) is 0 Å². The van der Waals surface area contributed by atoms with E-state index in [9.17, 15) is 9.59 Å². The highest BCUT2D eigenvalue weighted by Gasteiger charge is 2.09. The van der Waals surface area contributed by atoms with Crippen LogP contribution in [0.1, 0.15) is 59.8 Å². The number of Topliss-reactive ketones (excluding diaryl/α,β-unsaturated/α-hetero) is 1. The zero-order chi connectivity index (χ0) is 13.3. The Labute approximate surface area is 105 Å². The lowest BCUT2D eigenvalue weighted by Gasteiger charge is -2.08. The van der Waals surface area contributed by atoms with Crippen LogP contribution in [0, 0.1) is 11.8 Å². The zero-order valence-corrected chi connectivity index (χ0v) is 11.7. The van der Waals surface area contributed by atoms with E-state index in [0.29, 0.717) is 6.42 Å². The first-order valence-corrected chi connectivity index (χ1v) is 6.76. The molecule has 0 aliphatic heterocycles. The molecule has 100 valence electrons. The van der Waals surface area contributed by atoms with Gasteiger partial charge < -0.3 is 5.32 Å². The Morgan fingerprint density at radius 1 is 1.12 bits per heavy atom. The van der Waals surface area contributed by atoms with Gasteiger partial charge in [-0.3, -0.25) is 9.59 Å². The molecule has 0 aliphatic rings. The lowest BCUT2D eigenvalue weighted by atomic mass is 10.0. The van der Waals surface area contributed by atoms with E-state index in [1.54, 1.807) is 0 Å². The van der Waals surface area contributed by atoms with E-state index in [4.69, 9.17) is 0 Å². The fraction of sp³-hybridized carbons (Fsp3) is 0.857. The van der Waals surface area contributed by atoms with Crippen molar-refractivity contribution in [2.45, 2.75) is 59.8 Å². The predicted octanol–water partition coefficient (Wildman–Crippen LogP) is 2.93. The first kappa shape index (κ1) is 16.1. The van der Waals surface area contributed by atoms with Crippen molar-refractivity contribution < 1.29 is 9.59 Å². The Kier molecular flexibility index (Phi) is 8.73. The molecule has 3 nitrogen and oxygen atoms in total. The van der Waals surface area contributed by atoms with Crippen molar-refractivity contribution in [2.75, 3.05) is 6.54 Å². The highest BCUT2D eigenvalue weighted by molar-refractivity contribution is 5.87. The molecule has 0 heterocycles. The second kappa shape index (κ2) is 9.20. The Bertz CT molecular complexity index is 236. The van der Waals surface area contributed by atoms with Crippen molar-refractivity contribution in [3.63, 3.8) is 0 Å². The molecular weight excluding hydrogens is 214 g/mol. The van der Waals surface area contributed by atoms with Crippen molar-refractivity contribution in [3.8, 4) is 0 Å². The lowest BCUT2D eigenvalue weighted by molar-refractivity contribution is -0.126. The van der Waals surface area contributed by atoms with Crippen LogP contribution in [-0.2, 0) is 9.59 Å². The zero-order valence-electron chi connectivity index (χ0n) is 11.7. The molecule has 0 aliphatic carbocycles. The summed E-state index contributed by atoms with van der Waals surface area (Å²) in [6.07, 6.45) is 4.96. The van der Waals surface area contributed by atoms with E-state index < -0.39 is 0 Å². The highest BCUT2D eigenvalue weighted by Crippen LogP contribution is 2.11. The quantitative estimate of drug-likeness (QED) is 0.631. The maximum atomic E-state index is 11.4. The van der Waals surface area contributed by atoms with Gasteiger partial charge in [0.25, 0.3) is 0 Å². The van der Waals surface area contributed by atoms with Crippen molar-refractivity contribution in [1.29, 1.82) is 0 Å². The van der Waals surface area contributed by atoms with Gasteiger partial charge in [0.2, 0.25) is 5.91 Å². The van der Waals surface area contributed by atoms with Gasteiger partial charge in [-0.1, -0.05) is 47.0 Å². The SMILES string of the molecule is CCC(C)CCCCC(=O)NCC(=O)C(C)C. The van der Waals surface area contributed by atoms with Gasteiger partial charge in [0, 0.05) is 12.3 Å². The molecule has 1 atom stereocenters. The van der Waals surface area contributed by atoms with Crippen LogP contribution in [0.25, 0.3) is 0 Å². The van der Waals surface area contributed by atoms with E-state index in [1.165, 1.54) is 12.8 Å². The second-order valence-electron chi connectivity index (χ2n) is 5.16. The second-order valence-corrected chi connectivity index (χ2v) is 5.16. The average Bonchev–Trinajstić information content (AvgIpc) is 2.30. The van der Waals surface area contributed by atoms with Gasteiger partial charge in [-0.2, -0.15) is 0 Å². The molecule has 0 saturated carbocycles. The average molecular weight is 241 g/mol. The smallest absolute Gasteiger partial charge is 0.220 e. The summed E-state index contributed by atoms with van der Waals surface area (Å²) in [5.74, 6) is 0.849. The molecule has 0 rings (SSSR count). The normalized spacial score (nSPS) is 12.5. The van der Waals surface area contributed by atoms with E-state index in [0.717, 1.165) is 18.8 Å². The lowest BCUT2D eigenvalue weighted by Crippen LogP contribution is -2.31. The number of unbranched alkanes of at least 4 members (excludes halogenated alkanes) is 1. The van der Waals surface area contributed by atoms with E-state index in [-0.39, 0.29) is 24.2 Å². The monoisotopic (exact) mass is 241 g/mol. The van der Waals surface area contributed by atoms with Crippen LogP contribution >= 0.6 is 0 Å². The third kappa shape index (κ3) is 8.90. The van der Waals surface area contributed by atoms with Gasteiger partial charge >= 0.3 is 0 Å². The third-order valence-corrected chi connectivity index (χ3v) is 3.15. The maximum absolute atomic E-state index is 11.4. The Morgan fingerprint density at radius 3 is 2.29 bits per heavy atom. The number of ketones is 1. The van der Waals surface area contributed by atoms with Gasteiger partial charge in [0.1, 0.15) is 0 Å². The topological polar surface area (TPSA) is 46.2 Å². The molecule has 1 N–H and O–H groups in total. The molecule has 0 aromatic carbocycles. The van der Waals surface area contributed by atoms with Crippen LogP contribution in [0.5, 0.6) is 0 Å². The summed E-state index contributed by atoms with van der Waals surface area (Å²) in [5.41, 5.74) is 0. The molecule has 0 fully saturated rings. The minimum Gasteiger partial charge on any atom is -0.349 e. The van der Waals surface area contributed by atoms with Crippen LogP contribution in [0.3, 0.4) is 0 Å². The minimum atomic E-state index is 0.000652. The number of amides is 1. The number of nitrogens with one attached hydrogen (secondary N) is 1. The fourth-order valence-electron chi connectivity index (χ4n) is 1.46. The van der Waals surface area contributed by atoms with Crippen LogP contribution in [-0.4, -0.2) is 18.2 Å². The molecule has 0 saturated heterocycles. The molecule has 0 radical (unpaired) electrons. The molecular formula is C14H27NO2. The van der Waals surface area contributed by atoms with E-state index in [1.807, 2.05) is 13.8 Å². The molecule has 3 heteroatoms. The number of carbonyl (C=O) groups is 2. The molecule has 17 heavy (non-hydrogen) atoms. The molecule has 0 spiro atoms. The summed E-state index contributed by atoms with van der Waals surface area (Å²) in [6, 6.07) is 0. The summed E-state index contributed by atoms with van der Waals surface area (Å²) in [4.78, 5) is 22.7. The van der Waals surface area contributed by atoms with Gasteiger partial charge in [-0.15, -0.1) is 0 Å². The first-order valence-electron chi connectivity index (χ1n) is 6.76. The summed E-state index contributed by atoms with van der Waals surface area (Å²) in [7, 11) is 0. The van der Waals surface area contributed by atoms with Crippen LogP contribution < -0.4 is 5.32 Å². The van der Waals surface area contributed by atoms with Crippen molar-refractivity contribution in [2.24, 2.45) is 11.8 Å². The Hall–Kier alpha value is -0.860. The molecule has 0 bridgehead atoms. The van der Waals surface area contributed by atoms with Gasteiger partial charge in [0.05, 0.1) is 6.54 Å². The van der Waals surface area contributed by atoms with Crippen molar-refractivity contribution in [3.05, 3.63) is 0 Å². The van der Waals surface area contributed by atoms with E-state index >= 15 is 0 Å². The van der Waals surface area contributed by atoms with Gasteiger partial charge in [-0.25, -0.2) is 0 Å². The summed E-state index contributed by atoms with van der Waals surface area (Å²) < 4.78 is 0.